The summed E-state index contributed by atoms with van der Waals surface area (Å²) in [5.41, 5.74) is 1.85. The average molecular weight is 297 g/mol. The van der Waals surface area contributed by atoms with Crippen LogP contribution in [0.15, 0.2) is 53.3 Å². The first kappa shape index (κ1) is 13.3. The van der Waals surface area contributed by atoms with Gasteiger partial charge in [-0.15, -0.1) is 0 Å². The van der Waals surface area contributed by atoms with Crippen LogP contribution in [0.1, 0.15) is 11.6 Å². The minimum absolute atomic E-state index is 0.219. The zero-order valence-electron chi connectivity index (χ0n) is 12.1. The fourth-order valence-electron chi connectivity index (χ4n) is 2.95. The Bertz CT molecular complexity index is 779. The van der Waals surface area contributed by atoms with Crippen LogP contribution in [0.25, 0.3) is 11.3 Å². The molecule has 0 aliphatic carbocycles. The van der Waals surface area contributed by atoms with Gasteiger partial charge in [0.1, 0.15) is 17.4 Å². The molecular formula is C17H16FN3O. The molecule has 3 heterocycles. The maximum atomic E-state index is 13.4. The van der Waals surface area contributed by atoms with Crippen LogP contribution in [0.3, 0.4) is 0 Å². The van der Waals surface area contributed by atoms with Gasteiger partial charge in [0.25, 0.3) is 0 Å². The molecule has 0 bridgehead atoms. The van der Waals surface area contributed by atoms with E-state index in [4.69, 9.17) is 4.42 Å². The van der Waals surface area contributed by atoms with E-state index in [2.05, 4.69) is 14.5 Å². The normalized spacial score (nSPS) is 15.0. The predicted molar refractivity (Wildman–Crippen MR) is 80.4 cm³/mol. The first-order valence-corrected chi connectivity index (χ1v) is 7.35. The fraction of sp³-hybridized carbons (Fsp3) is 0.235. The third-order valence-corrected chi connectivity index (χ3v) is 4.02. The van der Waals surface area contributed by atoms with Gasteiger partial charge < -0.3 is 8.98 Å². The van der Waals surface area contributed by atoms with Crippen molar-refractivity contribution >= 4 is 0 Å². The van der Waals surface area contributed by atoms with Crippen molar-refractivity contribution in [2.24, 2.45) is 0 Å². The Morgan fingerprint density at radius 3 is 2.95 bits per heavy atom. The van der Waals surface area contributed by atoms with E-state index in [1.165, 1.54) is 6.07 Å². The smallest absolute Gasteiger partial charge is 0.123 e. The van der Waals surface area contributed by atoms with Crippen LogP contribution >= 0.6 is 0 Å². The van der Waals surface area contributed by atoms with Crippen molar-refractivity contribution in [1.82, 2.24) is 14.5 Å². The summed E-state index contributed by atoms with van der Waals surface area (Å²) < 4.78 is 21.0. The van der Waals surface area contributed by atoms with Gasteiger partial charge in [0.15, 0.2) is 0 Å². The number of imidazole rings is 1. The van der Waals surface area contributed by atoms with Crippen molar-refractivity contribution in [1.29, 1.82) is 0 Å². The SMILES string of the molecule is Fc1cccc(-c2cnc3n2CCN(Cc2ccco2)C3)c1. The maximum absolute atomic E-state index is 13.4. The lowest BCUT2D eigenvalue weighted by Crippen LogP contribution is -2.33. The van der Waals surface area contributed by atoms with E-state index < -0.39 is 0 Å². The summed E-state index contributed by atoms with van der Waals surface area (Å²) in [6, 6.07) is 10.6. The number of benzene rings is 1. The third kappa shape index (κ3) is 2.44. The second-order valence-electron chi connectivity index (χ2n) is 5.51. The summed E-state index contributed by atoms with van der Waals surface area (Å²) in [6.07, 6.45) is 3.53. The summed E-state index contributed by atoms with van der Waals surface area (Å²) in [4.78, 5) is 6.81. The molecule has 0 spiro atoms. The molecule has 112 valence electrons. The zero-order valence-corrected chi connectivity index (χ0v) is 12.1. The molecule has 0 saturated carbocycles. The quantitative estimate of drug-likeness (QED) is 0.744. The Balaban J connectivity index is 1.57. The molecule has 2 aromatic heterocycles. The molecule has 0 fully saturated rings. The number of nitrogens with zero attached hydrogens (tertiary/aromatic N) is 3. The summed E-state index contributed by atoms with van der Waals surface area (Å²) in [5.74, 6) is 1.76. The van der Waals surface area contributed by atoms with Gasteiger partial charge in [0, 0.05) is 18.7 Å². The molecular weight excluding hydrogens is 281 g/mol. The van der Waals surface area contributed by atoms with Gasteiger partial charge in [-0.1, -0.05) is 12.1 Å². The van der Waals surface area contributed by atoms with Crippen LogP contribution < -0.4 is 0 Å². The number of hydrogen-bond acceptors (Lipinski definition) is 3. The lowest BCUT2D eigenvalue weighted by molar-refractivity contribution is 0.194. The van der Waals surface area contributed by atoms with Gasteiger partial charge >= 0.3 is 0 Å². The predicted octanol–water partition coefficient (Wildman–Crippen LogP) is 3.30. The highest BCUT2D eigenvalue weighted by Crippen LogP contribution is 2.25. The number of fused-ring (bicyclic) bond motifs is 1. The van der Waals surface area contributed by atoms with Gasteiger partial charge in [-0.2, -0.15) is 0 Å². The standard InChI is InChI=1S/C17H16FN3O/c18-14-4-1-3-13(9-14)16-10-19-17-12-20(6-7-21(16)17)11-15-5-2-8-22-15/h1-5,8-10H,6-7,11-12H2. The highest BCUT2D eigenvalue weighted by atomic mass is 19.1. The van der Waals surface area contributed by atoms with Crippen molar-refractivity contribution in [3.05, 3.63) is 66.3 Å². The van der Waals surface area contributed by atoms with Crippen molar-refractivity contribution in [3.63, 3.8) is 0 Å². The molecule has 1 aliphatic heterocycles. The van der Waals surface area contributed by atoms with Gasteiger partial charge in [-0.25, -0.2) is 9.37 Å². The maximum Gasteiger partial charge on any atom is 0.123 e. The Labute approximate surface area is 127 Å². The second-order valence-corrected chi connectivity index (χ2v) is 5.51. The number of halogens is 1. The Morgan fingerprint density at radius 2 is 2.14 bits per heavy atom. The first-order valence-electron chi connectivity index (χ1n) is 7.35. The first-order chi connectivity index (χ1) is 10.8. The van der Waals surface area contributed by atoms with E-state index in [1.807, 2.05) is 24.4 Å². The van der Waals surface area contributed by atoms with Crippen LogP contribution in [0.2, 0.25) is 0 Å². The lowest BCUT2D eigenvalue weighted by Gasteiger charge is -2.27. The van der Waals surface area contributed by atoms with Crippen LogP contribution in [-0.4, -0.2) is 21.0 Å². The molecule has 0 saturated heterocycles. The highest BCUT2D eigenvalue weighted by Gasteiger charge is 2.21. The van der Waals surface area contributed by atoms with E-state index in [9.17, 15) is 4.39 Å². The number of hydrogen-bond donors (Lipinski definition) is 0. The molecule has 0 atom stereocenters. The lowest BCUT2D eigenvalue weighted by atomic mass is 10.1. The summed E-state index contributed by atoms with van der Waals surface area (Å²) in [5, 5.41) is 0. The van der Waals surface area contributed by atoms with Crippen molar-refractivity contribution < 1.29 is 8.81 Å². The molecule has 0 N–H and O–H groups in total. The number of furan rings is 1. The minimum Gasteiger partial charge on any atom is -0.468 e. The third-order valence-electron chi connectivity index (χ3n) is 4.02. The molecule has 22 heavy (non-hydrogen) atoms. The van der Waals surface area contributed by atoms with Gasteiger partial charge in [-0.3, -0.25) is 4.90 Å². The molecule has 1 aliphatic rings. The van der Waals surface area contributed by atoms with Gasteiger partial charge in [-0.05, 0) is 24.3 Å². The van der Waals surface area contributed by atoms with E-state index in [-0.39, 0.29) is 5.82 Å². The van der Waals surface area contributed by atoms with Crippen LogP contribution in [0.5, 0.6) is 0 Å². The topological polar surface area (TPSA) is 34.2 Å². The molecule has 4 nitrogen and oxygen atoms in total. The van der Waals surface area contributed by atoms with Gasteiger partial charge in [0.2, 0.25) is 0 Å². The molecule has 4 rings (SSSR count). The summed E-state index contributed by atoms with van der Waals surface area (Å²) in [7, 11) is 0. The molecule has 3 aromatic rings. The van der Waals surface area contributed by atoms with Gasteiger partial charge in [0.05, 0.1) is 31.2 Å². The zero-order chi connectivity index (χ0) is 14.9. The highest BCUT2D eigenvalue weighted by molar-refractivity contribution is 5.59. The van der Waals surface area contributed by atoms with Crippen molar-refractivity contribution in [2.45, 2.75) is 19.6 Å². The van der Waals surface area contributed by atoms with E-state index in [1.54, 1.807) is 18.4 Å². The van der Waals surface area contributed by atoms with E-state index in [0.29, 0.717) is 0 Å². The monoisotopic (exact) mass is 297 g/mol. The number of aromatic nitrogens is 2. The fourth-order valence-corrected chi connectivity index (χ4v) is 2.95. The number of rotatable bonds is 3. The van der Waals surface area contributed by atoms with Crippen LogP contribution in [0.4, 0.5) is 4.39 Å². The van der Waals surface area contributed by atoms with Crippen molar-refractivity contribution in [2.75, 3.05) is 6.54 Å². The minimum atomic E-state index is -0.219. The van der Waals surface area contributed by atoms with Crippen molar-refractivity contribution in [3.8, 4) is 11.3 Å². The van der Waals surface area contributed by atoms with Crippen LogP contribution in [-0.2, 0) is 19.6 Å². The Hall–Kier alpha value is -2.40. The van der Waals surface area contributed by atoms with Crippen LogP contribution in [0, 0.1) is 5.82 Å². The average Bonchev–Trinajstić information content (AvgIpc) is 3.16. The largest absolute Gasteiger partial charge is 0.468 e. The summed E-state index contributed by atoms with van der Waals surface area (Å²) in [6.45, 7) is 3.33. The van der Waals surface area contributed by atoms with E-state index >= 15 is 0 Å². The molecule has 0 unspecified atom stereocenters. The molecule has 5 heteroatoms. The second kappa shape index (κ2) is 5.42. The van der Waals surface area contributed by atoms with E-state index in [0.717, 1.165) is 49.0 Å². The summed E-state index contributed by atoms with van der Waals surface area (Å²) >= 11 is 0. The Kier molecular flexibility index (Phi) is 3.27. The molecule has 0 radical (unpaired) electrons. The Morgan fingerprint density at radius 1 is 1.18 bits per heavy atom. The molecule has 0 amide bonds. The molecule has 1 aromatic carbocycles.